The summed E-state index contributed by atoms with van der Waals surface area (Å²) < 4.78 is 0. The van der Waals surface area contributed by atoms with Crippen molar-refractivity contribution >= 4 is 5.91 Å². The molecule has 1 aliphatic rings. The zero-order valence-corrected chi connectivity index (χ0v) is 12.7. The second-order valence-electron chi connectivity index (χ2n) is 5.61. The normalized spacial score (nSPS) is 15.8. The van der Waals surface area contributed by atoms with Crippen molar-refractivity contribution in [3.05, 3.63) is 35.4 Å². The summed E-state index contributed by atoms with van der Waals surface area (Å²) in [6, 6.07) is 8.42. The third-order valence-electron chi connectivity index (χ3n) is 4.21. The van der Waals surface area contributed by atoms with Gasteiger partial charge in [0.25, 0.3) is 5.91 Å². The molecular weight excluding hydrogens is 248 g/mol. The van der Waals surface area contributed by atoms with Crippen LogP contribution in [-0.4, -0.2) is 29.9 Å². The van der Waals surface area contributed by atoms with Gasteiger partial charge >= 0.3 is 0 Å². The van der Waals surface area contributed by atoms with Crippen LogP contribution in [0.2, 0.25) is 0 Å². The zero-order chi connectivity index (χ0) is 14.4. The molecule has 0 aliphatic heterocycles. The van der Waals surface area contributed by atoms with Crippen LogP contribution in [0, 0.1) is 0 Å². The first-order valence-corrected chi connectivity index (χ1v) is 7.85. The summed E-state index contributed by atoms with van der Waals surface area (Å²) in [6.45, 7) is 7.41. The van der Waals surface area contributed by atoms with E-state index in [2.05, 4.69) is 36.2 Å². The molecule has 3 heteroatoms. The summed E-state index contributed by atoms with van der Waals surface area (Å²) in [5, 5.41) is 3.13. The van der Waals surface area contributed by atoms with Gasteiger partial charge in [0.15, 0.2) is 0 Å². The van der Waals surface area contributed by atoms with Gasteiger partial charge < -0.3 is 5.32 Å². The molecule has 0 bridgehead atoms. The first kappa shape index (κ1) is 15.0. The van der Waals surface area contributed by atoms with Gasteiger partial charge in [-0.15, -0.1) is 0 Å². The smallest absolute Gasteiger partial charge is 0.251 e. The number of benzene rings is 1. The first-order chi connectivity index (χ1) is 9.72. The predicted octanol–water partition coefficient (Wildman–Crippen LogP) is 3.20. The SMILES string of the molecule is CCN(CC)Cc1ccc(C(=O)NC2CCCC2)cc1. The van der Waals surface area contributed by atoms with E-state index < -0.39 is 0 Å². The van der Waals surface area contributed by atoms with E-state index in [0.29, 0.717) is 6.04 Å². The molecule has 3 nitrogen and oxygen atoms in total. The monoisotopic (exact) mass is 274 g/mol. The highest BCUT2D eigenvalue weighted by atomic mass is 16.1. The van der Waals surface area contributed by atoms with E-state index in [0.717, 1.165) is 38.0 Å². The molecule has 0 radical (unpaired) electrons. The Balaban J connectivity index is 1.91. The summed E-state index contributed by atoms with van der Waals surface area (Å²) in [6.07, 6.45) is 4.75. The molecule has 0 heterocycles. The van der Waals surface area contributed by atoms with Gasteiger partial charge in [0.05, 0.1) is 0 Å². The van der Waals surface area contributed by atoms with Crippen LogP contribution in [0.4, 0.5) is 0 Å². The van der Waals surface area contributed by atoms with Crippen molar-refractivity contribution in [1.82, 2.24) is 10.2 Å². The average Bonchev–Trinajstić information content (AvgIpc) is 2.98. The lowest BCUT2D eigenvalue weighted by Gasteiger charge is -2.18. The molecule has 110 valence electrons. The molecule has 0 unspecified atom stereocenters. The maximum absolute atomic E-state index is 12.1. The van der Waals surface area contributed by atoms with Crippen molar-refractivity contribution in [1.29, 1.82) is 0 Å². The molecule has 1 fully saturated rings. The number of amides is 1. The van der Waals surface area contributed by atoms with Crippen LogP contribution in [0.1, 0.15) is 55.5 Å². The van der Waals surface area contributed by atoms with Gasteiger partial charge in [0.2, 0.25) is 0 Å². The molecule has 0 saturated heterocycles. The highest BCUT2D eigenvalue weighted by Crippen LogP contribution is 2.18. The second-order valence-corrected chi connectivity index (χ2v) is 5.61. The Labute approximate surface area is 122 Å². The number of nitrogens with zero attached hydrogens (tertiary/aromatic N) is 1. The molecule has 0 atom stereocenters. The minimum absolute atomic E-state index is 0.0753. The molecule has 1 saturated carbocycles. The minimum Gasteiger partial charge on any atom is -0.349 e. The topological polar surface area (TPSA) is 32.3 Å². The summed E-state index contributed by atoms with van der Waals surface area (Å²) in [5.41, 5.74) is 2.05. The van der Waals surface area contributed by atoms with Gasteiger partial charge in [0.1, 0.15) is 0 Å². The van der Waals surface area contributed by atoms with Crippen LogP contribution >= 0.6 is 0 Å². The standard InChI is InChI=1S/C17H26N2O/c1-3-19(4-2)13-14-9-11-15(12-10-14)17(20)18-16-7-5-6-8-16/h9-12,16H,3-8,13H2,1-2H3,(H,18,20). The van der Waals surface area contributed by atoms with Crippen LogP contribution in [-0.2, 0) is 6.54 Å². The van der Waals surface area contributed by atoms with Crippen LogP contribution < -0.4 is 5.32 Å². The number of hydrogen-bond donors (Lipinski definition) is 1. The van der Waals surface area contributed by atoms with Crippen LogP contribution in [0.3, 0.4) is 0 Å². The van der Waals surface area contributed by atoms with Gasteiger partial charge in [0, 0.05) is 18.2 Å². The average molecular weight is 274 g/mol. The molecule has 0 aromatic heterocycles. The van der Waals surface area contributed by atoms with Crippen molar-refractivity contribution in [2.75, 3.05) is 13.1 Å². The van der Waals surface area contributed by atoms with E-state index in [1.54, 1.807) is 0 Å². The minimum atomic E-state index is 0.0753. The number of carbonyl (C=O) groups is 1. The largest absolute Gasteiger partial charge is 0.349 e. The Morgan fingerprint density at radius 1 is 1.15 bits per heavy atom. The zero-order valence-electron chi connectivity index (χ0n) is 12.7. The van der Waals surface area contributed by atoms with Gasteiger partial charge in [-0.2, -0.15) is 0 Å². The number of nitrogens with one attached hydrogen (secondary N) is 1. The fourth-order valence-electron chi connectivity index (χ4n) is 2.81. The number of carbonyl (C=O) groups excluding carboxylic acids is 1. The van der Waals surface area contributed by atoms with Gasteiger partial charge in [-0.05, 0) is 43.6 Å². The van der Waals surface area contributed by atoms with Crippen LogP contribution in [0.5, 0.6) is 0 Å². The molecule has 1 aromatic carbocycles. The van der Waals surface area contributed by atoms with E-state index >= 15 is 0 Å². The lowest BCUT2D eigenvalue weighted by Crippen LogP contribution is -2.32. The van der Waals surface area contributed by atoms with Gasteiger partial charge in [-0.3, -0.25) is 9.69 Å². The Bertz CT molecular complexity index is 417. The molecule has 2 rings (SSSR count). The molecular formula is C17H26N2O. The Hall–Kier alpha value is -1.35. The third kappa shape index (κ3) is 4.07. The van der Waals surface area contributed by atoms with Crippen molar-refractivity contribution in [2.45, 2.75) is 52.1 Å². The first-order valence-electron chi connectivity index (χ1n) is 7.85. The summed E-state index contributed by atoms with van der Waals surface area (Å²) in [7, 11) is 0. The van der Waals surface area contributed by atoms with Crippen molar-refractivity contribution in [3.8, 4) is 0 Å². The maximum Gasteiger partial charge on any atom is 0.251 e. The second kappa shape index (κ2) is 7.44. The molecule has 1 amide bonds. The highest BCUT2D eigenvalue weighted by molar-refractivity contribution is 5.94. The van der Waals surface area contributed by atoms with Crippen molar-refractivity contribution < 1.29 is 4.79 Å². The molecule has 20 heavy (non-hydrogen) atoms. The van der Waals surface area contributed by atoms with E-state index in [1.165, 1.54) is 18.4 Å². The lowest BCUT2D eigenvalue weighted by molar-refractivity contribution is 0.0938. The molecule has 1 aromatic rings. The quantitative estimate of drug-likeness (QED) is 0.864. The van der Waals surface area contributed by atoms with Crippen molar-refractivity contribution in [3.63, 3.8) is 0 Å². The van der Waals surface area contributed by atoms with E-state index in [1.807, 2.05) is 12.1 Å². The Kier molecular flexibility index (Phi) is 5.60. The van der Waals surface area contributed by atoms with Crippen LogP contribution in [0.25, 0.3) is 0 Å². The van der Waals surface area contributed by atoms with E-state index in [4.69, 9.17) is 0 Å². The molecule has 1 N–H and O–H groups in total. The van der Waals surface area contributed by atoms with Crippen LogP contribution in [0.15, 0.2) is 24.3 Å². The lowest BCUT2D eigenvalue weighted by atomic mass is 10.1. The summed E-state index contributed by atoms with van der Waals surface area (Å²) >= 11 is 0. The number of hydrogen-bond acceptors (Lipinski definition) is 2. The van der Waals surface area contributed by atoms with Gasteiger partial charge in [-0.25, -0.2) is 0 Å². The Morgan fingerprint density at radius 2 is 1.75 bits per heavy atom. The van der Waals surface area contributed by atoms with Gasteiger partial charge in [-0.1, -0.05) is 38.8 Å². The van der Waals surface area contributed by atoms with E-state index in [9.17, 15) is 4.79 Å². The maximum atomic E-state index is 12.1. The number of rotatable bonds is 6. The summed E-state index contributed by atoms with van der Waals surface area (Å²) in [4.78, 5) is 14.5. The predicted molar refractivity (Wildman–Crippen MR) is 82.8 cm³/mol. The fraction of sp³-hybridized carbons (Fsp3) is 0.588. The molecule has 1 aliphatic carbocycles. The van der Waals surface area contributed by atoms with Crippen molar-refractivity contribution in [2.24, 2.45) is 0 Å². The van der Waals surface area contributed by atoms with E-state index in [-0.39, 0.29) is 5.91 Å². The summed E-state index contributed by atoms with van der Waals surface area (Å²) in [5.74, 6) is 0.0753. The third-order valence-corrected chi connectivity index (χ3v) is 4.21. The molecule has 0 spiro atoms. The Morgan fingerprint density at radius 3 is 2.30 bits per heavy atom. The fourth-order valence-corrected chi connectivity index (χ4v) is 2.81. The highest BCUT2D eigenvalue weighted by Gasteiger charge is 2.17.